The number of carboxylic acids is 1. The monoisotopic (exact) mass is 260 g/mol. The van der Waals surface area contributed by atoms with E-state index in [9.17, 15) is 9.90 Å². The zero-order valence-electron chi connectivity index (χ0n) is 9.65. The van der Waals surface area contributed by atoms with Gasteiger partial charge in [0.2, 0.25) is 0 Å². The fourth-order valence-corrected chi connectivity index (χ4v) is 1.70. The summed E-state index contributed by atoms with van der Waals surface area (Å²) in [6.45, 7) is 1.44. The van der Waals surface area contributed by atoms with Crippen molar-refractivity contribution >= 4 is 17.6 Å². The first-order chi connectivity index (χ1) is 7.93. The Kier molecular flexibility index (Phi) is 4.07. The number of aliphatic carboxylic acids is 1. The first-order valence-electron chi connectivity index (χ1n) is 4.80. The molecule has 0 aromatic heterocycles. The number of phenols is 1. The van der Waals surface area contributed by atoms with Crippen LogP contribution in [-0.2, 0) is 4.79 Å². The van der Waals surface area contributed by atoms with Gasteiger partial charge >= 0.3 is 5.97 Å². The predicted octanol–water partition coefficient (Wildman–Crippen LogP) is 2.25. The number of carbonyl (C=O) groups is 1. The van der Waals surface area contributed by atoms with Gasteiger partial charge in [0.05, 0.1) is 20.1 Å². The Morgan fingerprint density at radius 1 is 1.41 bits per heavy atom. The van der Waals surface area contributed by atoms with Crippen LogP contribution in [0.15, 0.2) is 6.07 Å². The molecule has 0 aliphatic carbocycles. The number of benzene rings is 1. The maximum Gasteiger partial charge on any atom is 0.310 e. The molecule has 0 fully saturated rings. The highest BCUT2D eigenvalue weighted by Crippen LogP contribution is 2.45. The van der Waals surface area contributed by atoms with E-state index in [1.165, 1.54) is 27.2 Å². The first-order valence-corrected chi connectivity index (χ1v) is 5.18. The summed E-state index contributed by atoms with van der Waals surface area (Å²) in [6, 6.07) is 1.40. The van der Waals surface area contributed by atoms with E-state index < -0.39 is 11.9 Å². The molecule has 5 nitrogen and oxygen atoms in total. The average Bonchev–Trinajstić information content (AvgIpc) is 2.31. The standard InChI is InChI=1S/C11H13ClO5/c1-5(11(14)15)6-4-7(16-2)10(17-3)8(12)9(6)13/h4-5,13H,1-3H3,(H,14,15). The molecule has 1 rings (SSSR count). The largest absolute Gasteiger partial charge is 0.506 e. The van der Waals surface area contributed by atoms with Gasteiger partial charge in [-0.25, -0.2) is 0 Å². The van der Waals surface area contributed by atoms with Crippen LogP contribution in [-0.4, -0.2) is 30.4 Å². The van der Waals surface area contributed by atoms with Crippen molar-refractivity contribution in [1.82, 2.24) is 0 Å². The number of hydrogen-bond acceptors (Lipinski definition) is 4. The molecule has 2 N–H and O–H groups in total. The van der Waals surface area contributed by atoms with E-state index in [0.29, 0.717) is 0 Å². The maximum atomic E-state index is 10.9. The summed E-state index contributed by atoms with van der Waals surface area (Å²) in [7, 11) is 2.78. The third kappa shape index (κ3) is 2.39. The zero-order valence-corrected chi connectivity index (χ0v) is 10.4. The molecule has 17 heavy (non-hydrogen) atoms. The topological polar surface area (TPSA) is 76.0 Å². The van der Waals surface area contributed by atoms with Crippen LogP contribution in [0.1, 0.15) is 18.4 Å². The van der Waals surface area contributed by atoms with Gasteiger partial charge in [0.25, 0.3) is 0 Å². The molecule has 0 bridgehead atoms. The van der Waals surface area contributed by atoms with E-state index in [4.69, 9.17) is 26.2 Å². The van der Waals surface area contributed by atoms with Crippen molar-refractivity contribution in [1.29, 1.82) is 0 Å². The Labute approximate surface area is 104 Å². The van der Waals surface area contributed by atoms with E-state index in [2.05, 4.69) is 0 Å². The molecule has 0 heterocycles. The van der Waals surface area contributed by atoms with Crippen LogP contribution in [0.2, 0.25) is 5.02 Å². The molecule has 1 aromatic rings. The molecule has 0 radical (unpaired) electrons. The van der Waals surface area contributed by atoms with Crippen molar-refractivity contribution < 1.29 is 24.5 Å². The molecule has 6 heteroatoms. The van der Waals surface area contributed by atoms with Crippen LogP contribution >= 0.6 is 11.6 Å². The number of hydrogen-bond donors (Lipinski definition) is 2. The number of aromatic hydroxyl groups is 1. The fourth-order valence-electron chi connectivity index (χ4n) is 1.42. The highest BCUT2D eigenvalue weighted by Gasteiger charge is 2.24. The van der Waals surface area contributed by atoms with Crippen LogP contribution < -0.4 is 9.47 Å². The smallest absolute Gasteiger partial charge is 0.310 e. The van der Waals surface area contributed by atoms with E-state index >= 15 is 0 Å². The van der Waals surface area contributed by atoms with Gasteiger partial charge in [-0.2, -0.15) is 0 Å². The lowest BCUT2D eigenvalue weighted by Crippen LogP contribution is -2.08. The Balaban J connectivity index is 3.44. The summed E-state index contributed by atoms with van der Waals surface area (Å²) < 4.78 is 10.0. The van der Waals surface area contributed by atoms with E-state index in [0.717, 1.165) is 0 Å². The molecule has 1 unspecified atom stereocenters. The molecular weight excluding hydrogens is 248 g/mol. The Hall–Kier alpha value is -1.62. The van der Waals surface area contributed by atoms with Gasteiger partial charge in [0, 0.05) is 5.56 Å². The zero-order chi connectivity index (χ0) is 13.2. The lowest BCUT2D eigenvalue weighted by Gasteiger charge is -2.16. The molecule has 0 amide bonds. The molecule has 1 atom stereocenters. The molecule has 0 spiro atoms. The van der Waals surface area contributed by atoms with Crippen molar-refractivity contribution in [3.63, 3.8) is 0 Å². The second-order valence-corrected chi connectivity index (χ2v) is 3.80. The van der Waals surface area contributed by atoms with Crippen molar-refractivity contribution in [3.05, 3.63) is 16.7 Å². The fraction of sp³-hybridized carbons (Fsp3) is 0.364. The lowest BCUT2D eigenvalue weighted by molar-refractivity contribution is -0.138. The molecule has 0 aliphatic heterocycles. The third-order valence-electron chi connectivity index (χ3n) is 2.45. The van der Waals surface area contributed by atoms with E-state index in [1.807, 2.05) is 0 Å². The Morgan fingerprint density at radius 2 is 2.00 bits per heavy atom. The molecule has 1 aromatic carbocycles. The molecule has 0 saturated carbocycles. The molecule has 94 valence electrons. The minimum Gasteiger partial charge on any atom is -0.506 e. The first kappa shape index (κ1) is 13.4. The number of carboxylic acid groups (broad SMARTS) is 1. The predicted molar refractivity (Wildman–Crippen MR) is 62.3 cm³/mol. The van der Waals surface area contributed by atoms with Crippen molar-refractivity contribution in [2.45, 2.75) is 12.8 Å². The van der Waals surface area contributed by atoms with Gasteiger partial charge in [0.1, 0.15) is 10.8 Å². The number of halogens is 1. The summed E-state index contributed by atoms with van der Waals surface area (Å²) in [6.07, 6.45) is 0. The molecular formula is C11H13ClO5. The summed E-state index contributed by atoms with van der Waals surface area (Å²) in [5.41, 5.74) is 0.181. The van der Waals surface area contributed by atoms with Gasteiger partial charge < -0.3 is 19.7 Å². The average molecular weight is 261 g/mol. The minimum absolute atomic E-state index is 0.0602. The lowest BCUT2D eigenvalue weighted by atomic mass is 9.99. The van der Waals surface area contributed by atoms with Crippen molar-refractivity contribution in [3.8, 4) is 17.2 Å². The number of phenolic OH excluding ortho intramolecular Hbond substituents is 1. The van der Waals surface area contributed by atoms with Gasteiger partial charge in [-0.1, -0.05) is 11.6 Å². The second kappa shape index (κ2) is 5.14. The third-order valence-corrected chi connectivity index (χ3v) is 2.80. The van der Waals surface area contributed by atoms with Crippen LogP contribution in [0, 0.1) is 0 Å². The van der Waals surface area contributed by atoms with Crippen molar-refractivity contribution in [2.24, 2.45) is 0 Å². The quantitative estimate of drug-likeness (QED) is 0.868. The van der Waals surface area contributed by atoms with Crippen LogP contribution in [0.4, 0.5) is 0 Å². The molecule has 0 saturated heterocycles. The van der Waals surface area contributed by atoms with Gasteiger partial charge in [-0.3, -0.25) is 4.79 Å². The van der Waals surface area contributed by atoms with Gasteiger partial charge in [-0.15, -0.1) is 0 Å². The summed E-state index contributed by atoms with van der Waals surface area (Å²) >= 11 is 5.88. The normalized spacial score (nSPS) is 12.0. The number of rotatable bonds is 4. The SMILES string of the molecule is COc1cc(C(C)C(=O)O)c(O)c(Cl)c1OC. The highest BCUT2D eigenvalue weighted by molar-refractivity contribution is 6.34. The number of ether oxygens (including phenoxy) is 2. The van der Waals surface area contributed by atoms with E-state index in [1.54, 1.807) is 0 Å². The maximum absolute atomic E-state index is 10.9. The van der Waals surface area contributed by atoms with Gasteiger partial charge in [-0.05, 0) is 13.0 Å². The van der Waals surface area contributed by atoms with E-state index in [-0.39, 0.29) is 27.8 Å². The van der Waals surface area contributed by atoms with Crippen molar-refractivity contribution in [2.75, 3.05) is 14.2 Å². The minimum atomic E-state index is -1.07. The highest BCUT2D eigenvalue weighted by atomic mass is 35.5. The van der Waals surface area contributed by atoms with Crippen LogP contribution in [0.3, 0.4) is 0 Å². The Morgan fingerprint density at radius 3 is 2.41 bits per heavy atom. The molecule has 0 aliphatic rings. The van der Waals surface area contributed by atoms with Crippen LogP contribution in [0.25, 0.3) is 0 Å². The van der Waals surface area contributed by atoms with Crippen LogP contribution in [0.5, 0.6) is 17.2 Å². The summed E-state index contributed by atoms with van der Waals surface area (Å²) in [5.74, 6) is -1.82. The van der Waals surface area contributed by atoms with Gasteiger partial charge in [0.15, 0.2) is 11.5 Å². The summed E-state index contributed by atoms with van der Waals surface area (Å²) in [5, 5.41) is 18.7. The summed E-state index contributed by atoms with van der Waals surface area (Å²) in [4.78, 5) is 10.9. The Bertz CT molecular complexity index is 444. The number of methoxy groups -OCH3 is 2. The second-order valence-electron chi connectivity index (χ2n) is 3.42.